The lowest BCUT2D eigenvalue weighted by molar-refractivity contribution is -0.384. The number of aromatic amines is 1. The van der Waals surface area contributed by atoms with Crippen LogP contribution in [-0.4, -0.2) is 58.0 Å². The molecule has 0 radical (unpaired) electrons. The summed E-state index contributed by atoms with van der Waals surface area (Å²) < 4.78 is 0. The van der Waals surface area contributed by atoms with Gasteiger partial charge in [0, 0.05) is 30.6 Å². The van der Waals surface area contributed by atoms with Crippen LogP contribution in [-0.2, 0) is 6.54 Å². The lowest BCUT2D eigenvalue weighted by Gasteiger charge is -2.23. The Morgan fingerprint density at radius 3 is 2.57 bits per heavy atom. The first kappa shape index (κ1) is 22.0. The maximum atomic E-state index is 13.3. The number of nitro groups is 1. The number of hydrogen-bond acceptors (Lipinski definition) is 5. The van der Waals surface area contributed by atoms with Crippen molar-refractivity contribution in [2.24, 2.45) is 0 Å². The van der Waals surface area contributed by atoms with Crippen LogP contribution in [0.3, 0.4) is 0 Å². The Labute approximate surface area is 183 Å². The number of non-ortho nitro benzene ring substituents is 1. The molecule has 3 aromatic rings. The van der Waals surface area contributed by atoms with Gasteiger partial charge in [-0.2, -0.15) is 5.10 Å². The molecule has 0 bridgehead atoms. The third-order valence-corrected chi connectivity index (χ3v) is 5.38. The van der Waals surface area contributed by atoms with Crippen molar-refractivity contribution in [3.05, 3.63) is 67.8 Å². The number of nitrogens with one attached hydrogen (secondary N) is 1. The summed E-state index contributed by atoms with van der Waals surface area (Å²) in [6, 6.07) is 9.52. The number of carbonyl (C=O) groups excluding carboxylic acids is 1. The quantitative estimate of drug-likeness (QED) is 0.406. The first-order valence-electron chi connectivity index (χ1n) is 9.26. The minimum atomic E-state index is -0.495. The van der Waals surface area contributed by atoms with E-state index in [0.717, 1.165) is 18.5 Å². The van der Waals surface area contributed by atoms with E-state index in [4.69, 9.17) is 23.2 Å². The van der Waals surface area contributed by atoms with Crippen molar-refractivity contribution in [2.75, 3.05) is 27.2 Å². The Balaban J connectivity index is 1.92. The first-order valence-corrected chi connectivity index (χ1v) is 10.0. The predicted octanol–water partition coefficient (Wildman–Crippen LogP) is 4.37. The average Bonchev–Trinajstić information content (AvgIpc) is 3.12. The van der Waals surface area contributed by atoms with Crippen LogP contribution in [0.2, 0.25) is 10.0 Å². The second kappa shape index (κ2) is 9.42. The van der Waals surface area contributed by atoms with E-state index in [1.807, 2.05) is 25.1 Å². The van der Waals surface area contributed by atoms with Gasteiger partial charge in [0.15, 0.2) is 5.69 Å². The zero-order chi connectivity index (χ0) is 21.8. The molecular formula is C20H21Cl2N5O3. The lowest BCUT2D eigenvalue weighted by Crippen LogP contribution is -2.33. The van der Waals surface area contributed by atoms with Crippen LogP contribution in [0.5, 0.6) is 0 Å². The van der Waals surface area contributed by atoms with E-state index in [-0.39, 0.29) is 17.3 Å². The number of fused-ring (bicyclic) bond motifs is 1. The topological polar surface area (TPSA) is 95.4 Å². The summed E-state index contributed by atoms with van der Waals surface area (Å²) in [6.45, 7) is 1.60. The van der Waals surface area contributed by atoms with E-state index in [2.05, 4.69) is 10.2 Å². The van der Waals surface area contributed by atoms with Gasteiger partial charge in [-0.15, -0.1) is 0 Å². The van der Waals surface area contributed by atoms with Crippen LogP contribution in [0.15, 0.2) is 36.4 Å². The van der Waals surface area contributed by atoms with Gasteiger partial charge in [0.05, 0.1) is 20.5 Å². The molecule has 1 aromatic heterocycles. The number of halogens is 2. The second-order valence-electron chi connectivity index (χ2n) is 7.19. The van der Waals surface area contributed by atoms with E-state index in [9.17, 15) is 14.9 Å². The summed E-state index contributed by atoms with van der Waals surface area (Å²) in [5.41, 5.74) is 1.44. The lowest BCUT2D eigenvalue weighted by atomic mass is 10.1. The summed E-state index contributed by atoms with van der Waals surface area (Å²) in [4.78, 5) is 27.7. The number of hydrogen-bond donors (Lipinski definition) is 1. The minimum Gasteiger partial charge on any atom is -0.333 e. The van der Waals surface area contributed by atoms with Gasteiger partial charge in [0.1, 0.15) is 0 Å². The number of nitrogens with zero attached hydrogens (tertiary/aromatic N) is 4. The predicted molar refractivity (Wildman–Crippen MR) is 117 cm³/mol. The zero-order valence-electron chi connectivity index (χ0n) is 16.6. The van der Waals surface area contributed by atoms with Gasteiger partial charge in [-0.25, -0.2) is 0 Å². The molecule has 0 aliphatic heterocycles. The number of benzene rings is 2. The van der Waals surface area contributed by atoms with E-state index in [0.29, 0.717) is 34.0 Å². The van der Waals surface area contributed by atoms with Crippen molar-refractivity contribution < 1.29 is 9.72 Å². The molecule has 158 valence electrons. The van der Waals surface area contributed by atoms with Crippen LogP contribution in [0, 0.1) is 10.1 Å². The third-order valence-electron chi connectivity index (χ3n) is 4.64. The van der Waals surface area contributed by atoms with Crippen LogP contribution in [0.4, 0.5) is 5.69 Å². The van der Waals surface area contributed by atoms with Gasteiger partial charge in [0.25, 0.3) is 11.6 Å². The van der Waals surface area contributed by atoms with Crippen molar-refractivity contribution >= 4 is 45.7 Å². The number of carbonyl (C=O) groups is 1. The average molecular weight is 450 g/mol. The van der Waals surface area contributed by atoms with Crippen molar-refractivity contribution in [1.29, 1.82) is 0 Å². The normalized spacial score (nSPS) is 11.2. The molecule has 0 saturated carbocycles. The molecule has 0 unspecified atom stereocenters. The molecular weight excluding hydrogens is 429 g/mol. The highest BCUT2D eigenvalue weighted by Gasteiger charge is 2.23. The Bertz CT molecular complexity index is 1080. The number of H-pyrrole nitrogens is 1. The molecule has 0 atom stereocenters. The molecule has 2 aromatic carbocycles. The molecule has 0 saturated heterocycles. The van der Waals surface area contributed by atoms with Gasteiger partial charge in [-0.3, -0.25) is 20.0 Å². The van der Waals surface area contributed by atoms with Crippen molar-refractivity contribution in [3.63, 3.8) is 0 Å². The highest BCUT2D eigenvalue weighted by Crippen LogP contribution is 2.26. The van der Waals surface area contributed by atoms with Gasteiger partial charge in [-0.1, -0.05) is 29.3 Å². The van der Waals surface area contributed by atoms with E-state index >= 15 is 0 Å². The number of rotatable bonds is 8. The Morgan fingerprint density at radius 2 is 1.90 bits per heavy atom. The Kier molecular flexibility index (Phi) is 6.91. The molecule has 1 N–H and O–H groups in total. The standard InChI is InChI=1S/C20H21Cl2N5O3/c1-25(2)8-3-9-26(12-13-4-6-16(21)17(22)10-13)20(28)19-15-11-14(27(29)30)5-7-18(15)23-24-19/h4-7,10-11H,3,8-9,12H2,1-2H3,(H,23,24). The summed E-state index contributed by atoms with van der Waals surface area (Å²) >= 11 is 12.1. The molecule has 0 fully saturated rings. The summed E-state index contributed by atoms with van der Waals surface area (Å²) in [7, 11) is 3.93. The number of aromatic nitrogens is 2. The molecule has 30 heavy (non-hydrogen) atoms. The first-order chi connectivity index (χ1) is 14.3. The fourth-order valence-corrected chi connectivity index (χ4v) is 3.44. The summed E-state index contributed by atoms with van der Waals surface area (Å²) in [5.74, 6) is -0.313. The van der Waals surface area contributed by atoms with Crippen LogP contribution in [0.25, 0.3) is 10.9 Å². The fraction of sp³-hybridized carbons (Fsp3) is 0.300. The Hall–Kier alpha value is -2.68. The molecule has 1 amide bonds. The molecule has 0 spiro atoms. The van der Waals surface area contributed by atoms with Gasteiger partial charge < -0.3 is 9.80 Å². The number of nitro benzene ring substituents is 1. The van der Waals surface area contributed by atoms with Gasteiger partial charge in [-0.05, 0) is 50.8 Å². The monoisotopic (exact) mass is 449 g/mol. The number of amides is 1. The van der Waals surface area contributed by atoms with Crippen molar-refractivity contribution in [1.82, 2.24) is 20.0 Å². The highest BCUT2D eigenvalue weighted by molar-refractivity contribution is 6.42. The van der Waals surface area contributed by atoms with Gasteiger partial charge >= 0.3 is 0 Å². The van der Waals surface area contributed by atoms with Crippen LogP contribution in [0.1, 0.15) is 22.5 Å². The molecule has 0 aliphatic rings. The molecule has 8 nitrogen and oxygen atoms in total. The maximum Gasteiger partial charge on any atom is 0.275 e. The minimum absolute atomic E-state index is 0.0957. The summed E-state index contributed by atoms with van der Waals surface area (Å²) in [5, 5.41) is 19.3. The molecule has 0 aliphatic carbocycles. The second-order valence-corrected chi connectivity index (χ2v) is 8.01. The van der Waals surface area contributed by atoms with E-state index < -0.39 is 4.92 Å². The van der Waals surface area contributed by atoms with Gasteiger partial charge in [0.2, 0.25) is 0 Å². The molecule has 10 heteroatoms. The smallest absolute Gasteiger partial charge is 0.275 e. The Morgan fingerprint density at radius 1 is 1.13 bits per heavy atom. The third kappa shape index (κ3) is 5.08. The van der Waals surface area contributed by atoms with E-state index in [1.54, 1.807) is 23.1 Å². The zero-order valence-corrected chi connectivity index (χ0v) is 18.1. The SMILES string of the molecule is CN(C)CCCN(Cc1ccc(Cl)c(Cl)c1)C(=O)c1n[nH]c2ccc([N+](=O)[O-])cc12. The van der Waals surface area contributed by atoms with Crippen molar-refractivity contribution in [3.8, 4) is 0 Å². The van der Waals surface area contributed by atoms with Crippen molar-refractivity contribution in [2.45, 2.75) is 13.0 Å². The van der Waals surface area contributed by atoms with Crippen LogP contribution < -0.4 is 0 Å². The highest BCUT2D eigenvalue weighted by atomic mass is 35.5. The largest absolute Gasteiger partial charge is 0.333 e. The van der Waals surface area contributed by atoms with E-state index in [1.165, 1.54) is 12.1 Å². The molecule has 1 heterocycles. The van der Waals surface area contributed by atoms with Crippen LogP contribution >= 0.6 is 23.2 Å². The summed E-state index contributed by atoms with van der Waals surface area (Å²) in [6.07, 6.45) is 0.753. The fourth-order valence-electron chi connectivity index (χ4n) is 3.12. The molecule has 3 rings (SSSR count). The maximum absolute atomic E-state index is 13.3.